The highest BCUT2D eigenvalue weighted by molar-refractivity contribution is 7.90. The first-order valence-electron chi connectivity index (χ1n) is 5.52. The van der Waals surface area contributed by atoms with Crippen LogP contribution in [0.1, 0.15) is 0 Å². The van der Waals surface area contributed by atoms with Crippen molar-refractivity contribution in [1.29, 1.82) is 0 Å². The number of rotatable bonds is 4. The second kappa shape index (κ2) is 5.62. The van der Waals surface area contributed by atoms with Crippen molar-refractivity contribution in [2.24, 2.45) is 0 Å². The molecule has 2 aromatic rings. The van der Waals surface area contributed by atoms with Crippen LogP contribution in [0.5, 0.6) is 0 Å². The zero-order valence-corrected chi connectivity index (χ0v) is 12.2. The van der Waals surface area contributed by atoms with Crippen molar-refractivity contribution in [1.82, 2.24) is 9.97 Å². The third-order valence-electron chi connectivity index (χ3n) is 2.34. The largest absolute Gasteiger partial charge is 0.340 e. The van der Waals surface area contributed by atoms with E-state index in [9.17, 15) is 18.5 Å². The molecule has 0 aliphatic rings. The monoisotopic (exact) mass is 328 g/mol. The highest BCUT2D eigenvalue weighted by Gasteiger charge is 2.14. The standard InChI is InChI=1S/C11H9ClN4O4S/c1-21(19,20)11-14-9(12)6-10(15-11)13-7-3-2-4-8(5-7)16(17)18/h2-6H,1H3,(H,13,14,15). The Hall–Kier alpha value is -2.26. The number of sulfone groups is 1. The summed E-state index contributed by atoms with van der Waals surface area (Å²) in [6.45, 7) is 0. The molecule has 0 atom stereocenters. The third-order valence-corrected chi connectivity index (χ3v) is 3.37. The first-order chi connectivity index (χ1) is 9.75. The molecule has 110 valence electrons. The number of hydrogen-bond acceptors (Lipinski definition) is 7. The summed E-state index contributed by atoms with van der Waals surface area (Å²) < 4.78 is 22.9. The molecule has 0 aliphatic carbocycles. The van der Waals surface area contributed by atoms with Crippen molar-refractivity contribution < 1.29 is 13.3 Å². The second-order valence-corrected chi connectivity index (χ2v) is 6.36. The van der Waals surface area contributed by atoms with E-state index in [1.54, 1.807) is 6.07 Å². The van der Waals surface area contributed by atoms with Crippen LogP contribution in [0.25, 0.3) is 0 Å². The Morgan fingerprint density at radius 3 is 2.62 bits per heavy atom. The number of non-ortho nitro benzene ring substituents is 1. The number of benzene rings is 1. The van der Waals surface area contributed by atoms with Gasteiger partial charge in [0.15, 0.2) is 0 Å². The van der Waals surface area contributed by atoms with Crippen molar-refractivity contribution in [3.05, 3.63) is 45.6 Å². The fourth-order valence-corrected chi connectivity index (χ4v) is 2.23. The highest BCUT2D eigenvalue weighted by atomic mass is 35.5. The maximum absolute atomic E-state index is 11.4. The molecule has 1 aromatic heterocycles. The second-order valence-electron chi connectivity index (χ2n) is 4.06. The van der Waals surface area contributed by atoms with Crippen LogP contribution in [0.3, 0.4) is 0 Å². The molecular weight excluding hydrogens is 320 g/mol. The van der Waals surface area contributed by atoms with Gasteiger partial charge in [-0.25, -0.2) is 18.4 Å². The third kappa shape index (κ3) is 3.86. The van der Waals surface area contributed by atoms with Gasteiger partial charge in [-0.05, 0) is 6.07 Å². The predicted molar refractivity (Wildman–Crippen MR) is 76.5 cm³/mol. The Kier molecular flexibility index (Phi) is 4.05. The minimum Gasteiger partial charge on any atom is -0.340 e. The minimum atomic E-state index is -3.62. The molecule has 8 nitrogen and oxygen atoms in total. The summed E-state index contributed by atoms with van der Waals surface area (Å²) in [7, 11) is -3.62. The van der Waals surface area contributed by atoms with E-state index in [0.717, 1.165) is 6.26 Å². The molecule has 10 heteroatoms. The maximum Gasteiger partial charge on any atom is 0.271 e. The van der Waals surface area contributed by atoms with Crippen LogP contribution in [0, 0.1) is 10.1 Å². The Balaban J connectivity index is 2.38. The number of aromatic nitrogens is 2. The number of halogens is 1. The fourth-order valence-electron chi connectivity index (χ4n) is 1.47. The van der Waals surface area contributed by atoms with E-state index in [0.29, 0.717) is 5.69 Å². The Morgan fingerprint density at radius 1 is 1.29 bits per heavy atom. The van der Waals surface area contributed by atoms with Gasteiger partial charge in [0.05, 0.1) is 4.92 Å². The average Bonchev–Trinajstić information content (AvgIpc) is 2.37. The van der Waals surface area contributed by atoms with Crippen LogP contribution >= 0.6 is 11.6 Å². The highest BCUT2D eigenvalue weighted by Crippen LogP contribution is 2.22. The van der Waals surface area contributed by atoms with E-state index in [2.05, 4.69) is 15.3 Å². The first kappa shape index (κ1) is 15.1. The molecule has 21 heavy (non-hydrogen) atoms. The van der Waals surface area contributed by atoms with Crippen LogP contribution in [0.15, 0.2) is 35.5 Å². The Labute approximate surface area is 124 Å². The first-order valence-corrected chi connectivity index (χ1v) is 7.79. The summed E-state index contributed by atoms with van der Waals surface area (Å²) in [6, 6.07) is 7.00. The number of hydrogen-bond donors (Lipinski definition) is 1. The van der Waals surface area contributed by atoms with Gasteiger partial charge in [0.2, 0.25) is 15.0 Å². The molecule has 0 spiro atoms. The van der Waals surface area contributed by atoms with Gasteiger partial charge in [-0.1, -0.05) is 17.7 Å². The lowest BCUT2D eigenvalue weighted by atomic mass is 10.3. The number of nitrogens with one attached hydrogen (secondary N) is 1. The molecule has 0 saturated carbocycles. The molecule has 0 saturated heterocycles. The van der Waals surface area contributed by atoms with Crippen molar-refractivity contribution in [2.75, 3.05) is 11.6 Å². The summed E-state index contributed by atoms with van der Waals surface area (Å²) in [4.78, 5) is 17.6. The van der Waals surface area contributed by atoms with Gasteiger partial charge in [0.1, 0.15) is 11.0 Å². The zero-order valence-electron chi connectivity index (χ0n) is 10.6. The normalized spacial score (nSPS) is 11.1. The molecular formula is C11H9ClN4O4S. The summed E-state index contributed by atoms with van der Waals surface area (Å²) in [6.07, 6.45) is 0.954. The van der Waals surface area contributed by atoms with Crippen LogP contribution < -0.4 is 5.32 Å². The predicted octanol–water partition coefficient (Wildman–Crippen LogP) is 2.19. The van der Waals surface area contributed by atoms with E-state index in [1.807, 2.05) is 0 Å². The van der Waals surface area contributed by atoms with Gasteiger partial charge < -0.3 is 5.32 Å². The lowest BCUT2D eigenvalue weighted by Crippen LogP contribution is -2.06. The van der Waals surface area contributed by atoms with E-state index < -0.39 is 19.9 Å². The number of nitro groups is 1. The minimum absolute atomic E-state index is 0.0571. The zero-order chi connectivity index (χ0) is 15.6. The summed E-state index contributed by atoms with van der Waals surface area (Å²) in [5, 5.41) is 13.0. The fraction of sp³-hybridized carbons (Fsp3) is 0.0909. The van der Waals surface area contributed by atoms with Crippen molar-refractivity contribution in [2.45, 2.75) is 5.16 Å². The lowest BCUT2D eigenvalue weighted by molar-refractivity contribution is -0.384. The van der Waals surface area contributed by atoms with E-state index >= 15 is 0 Å². The van der Waals surface area contributed by atoms with Crippen LogP contribution in [0.2, 0.25) is 5.15 Å². The van der Waals surface area contributed by atoms with Gasteiger partial charge in [0.25, 0.3) is 5.69 Å². The molecule has 0 amide bonds. The Bertz CT molecular complexity index is 810. The molecule has 0 unspecified atom stereocenters. The molecule has 0 bridgehead atoms. The van der Waals surface area contributed by atoms with E-state index in [1.165, 1.54) is 24.3 Å². The molecule has 2 rings (SSSR count). The molecule has 0 aliphatic heterocycles. The topological polar surface area (TPSA) is 115 Å². The lowest BCUT2D eigenvalue weighted by Gasteiger charge is -2.07. The summed E-state index contributed by atoms with van der Waals surface area (Å²) >= 11 is 5.74. The molecule has 0 fully saturated rings. The number of anilines is 2. The van der Waals surface area contributed by atoms with Gasteiger partial charge in [-0.3, -0.25) is 10.1 Å². The van der Waals surface area contributed by atoms with E-state index in [4.69, 9.17) is 11.6 Å². The summed E-state index contributed by atoms with van der Waals surface area (Å²) in [5.74, 6) is 0.121. The number of nitrogens with zero attached hydrogens (tertiary/aromatic N) is 3. The number of nitro benzene ring substituents is 1. The molecule has 1 N–H and O–H groups in total. The van der Waals surface area contributed by atoms with Crippen LogP contribution in [-0.4, -0.2) is 29.6 Å². The van der Waals surface area contributed by atoms with Crippen LogP contribution in [-0.2, 0) is 9.84 Å². The maximum atomic E-state index is 11.4. The van der Waals surface area contributed by atoms with Crippen LogP contribution in [0.4, 0.5) is 17.2 Å². The average molecular weight is 329 g/mol. The molecule has 1 aromatic carbocycles. The quantitative estimate of drug-likeness (QED) is 0.396. The molecule has 1 heterocycles. The van der Waals surface area contributed by atoms with Gasteiger partial charge in [-0.15, -0.1) is 0 Å². The Morgan fingerprint density at radius 2 is 2.00 bits per heavy atom. The van der Waals surface area contributed by atoms with Crippen molar-refractivity contribution >= 4 is 38.6 Å². The molecule has 0 radical (unpaired) electrons. The van der Waals surface area contributed by atoms with Gasteiger partial charge >= 0.3 is 0 Å². The van der Waals surface area contributed by atoms with Crippen molar-refractivity contribution in [3.63, 3.8) is 0 Å². The van der Waals surface area contributed by atoms with Gasteiger partial charge in [-0.2, -0.15) is 0 Å². The smallest absolute Gasteiger partial charge is 0.271 e. The SMILES string of the molecule is CS(=O)(=O)c1nc(Cl)cc(Nc2cccc([N+](=O)[O-])c2)n1. The van der Waals surface area contributed by atoms with Gasteiger partial charge in [0, 0.05) is 30.1 Å². The summed E-state index contributed by atoms with van der Waals surface area (Å²) in [5.41, 5.74) is 0.266. The van der Waals surface area contributed by atoms with Crippen molar-refractivity contribution in [3.8, 4) is 0 Å². The van der Waals surface area contributed by atoms with E-state index in [-0.39, 0.29) is 16.7 Å².